The van der Waals surface area contributed by atoms with Gasteiger partial charge in [0, 0.05) is 50.1 Å². The molecule has 29 nitrogen and oxygen atoms in total. The zero-order chi connectivity index (χ0) is 57.0. The molecule has 0 saturated carbocycles. The first kappa shape index (κ1) is 66.9. The number of phosphoric acid groups is 3. The highest BCUT2D eigenvalue weighted by Crippen LogP contribution is 2.56. The van der Waals surface area contributed by atoms with Crippen molar-refractivity contribution in [1.82, 2.24) is 30.2 Å². The summed E-state index contributed by atoms with van der Waals surface area (Å²) in [6.07, 6.45) is 2.67. The normalized spacial score (nSPS) is 24.5. The van der Waals surface area contributed by atoms with Gasteiger partial charge in [0.1, 0.15) is 42.4 Å². The zero-order valence-corrected chi connectivity index (χ0v) is 46.8. The van der Waals surface area contributed by atoms with Crippen molar-refractivity contribution >= 4 is 69.1 Å². The highest BCUT2D eigenvalue weighted by Gasteiger charge is 2.47. The number of amides is 2. The third kappa shape index (κ3) is 23.8. The van der Waals surface area contributed by atoms with E-state index in [-0.39, 0.29) is 66.3 Å². The van der Waals surface area contributed by atoms with Crippen LogP contribution >= 0.6 is 35.2 Å². The molecule has 9 N–H and O–H groups in total. The SMILES string of the molecule is C[C@@H]1O[C@@H](OCCCCCCCCCCCCCC[C@@H](O)CC(=O)SCCNC(=O)CCNC(=O)[C@H](O)C(C)(C)COP(=O)([O-])OP(=O)([O-])OC[C@H]2O[C@@H](n3cnc4c(N)ncnc43)[C@H](O)[C@@H]2OP(=O)([O-])[O-])[C@H](O)C[C@H]1O. The second-order valence-corrected chi connectivity index (χ2v) is 24.8. The smallest absolute Gasteiger partial charge is 0.274 e. The Morgan fingerprint density at radius 2 is 1.49 bits per heavy atom. The van der Waals surface area contributed by atoms with Crippen molar-refractivity contribution in [3.63, 3.8) is 0 Å². The number of phosphoric ester groups is 3. The summed E-state index contributed by atoms with van der Waals surface area (Å²) >= 11 is 0.970. The average Bonchev–Trinajstić information content (AvgIpc) is 3.91. The van der Waals surface area contributed by atoms with Crippen LogP contribution in [-0.2, 0) is 60.2 Å². The Morgan fingerprint density at radius 3 is 2.14 bits per heavy atom. The summed E-state index contributed by atoms with van der Waals surface area (Å²) in [6, 6.07) is 0. The number of anilines is 1. The zero-order valence-electron chi connectivity index (χ0n) is 43.3. The number of aromatic nitrogens is 4. The fourth-order valence-corrected chi connectivity index (χ4v) is 11.6. The van der Waals surface area contributed by atoms with E-state index in [1.54, 1.807) is 6.92 Å². The molecule has 0 aliphatic carbocycles. The van der Waals surface area contributed by atoms with Crippen molar-refractivity contribution in [3.05, 3.63) is 12.7 Å². The van der Waals surface area contributed by atoms with Gasteiger partial charge in [0.25, 0.3) is 15.6 Å². The standard InChI is InChI=1S/C44H78N7O22P3S/c1-28-30(53)23-31(54)43(70-28)67-20-15-13-11-9-7-5-4-6-8-10-12-14-16-29(52)22-34(56)77-21-19-46-33(55)17-18-47-41(59)38(58)44(2,3)25-69-76(65,66)73-75(63,64)68-24-32-37(72-74(60,61)62)36(57)42(71-32)51-27-50-35-39(45)48-26-49-40(35)51/h26-32,36-38,42-43,52-54,57-58H,4-25H2,1-3H3,(H,46,55)(H,47,59)(H,63,64)(H,65,66)(H2,45,48,49)(H2,60,61,62)/p-4/t28-,29+,30+,31+,32+,36+,37+,38-,42+,43+/m0/s1. The maximum Gasteiger partial charge on any atom is 0.274 e. The molecule has 2 aromatic heterocycles. The Hall–Kier alpha value is -2.64. The van der Waals surface area contributed by atoms with Crippen molar-refractivity contribution in [2.75, 3.05) is 44.4 Å². The first-order chi connectivity index (χ1) is 36.2. The third-order valence-electron chi connectivity index (χ3n) is 12.5. The van der Waals surface area contributed by atoms with Gasteiger partial charge < -0.3 is 93.8 Å². The number of aliphatic hydroxyl groups is 5. The summed E-state index contributed by atoms with van der Waals surface area (Å²) in [4.78, 5) is 97.2. The number of nitrogens with zero attached hydrogens (tertiary/aromatic N) is 4. The monoisotopic (exact) mass is 1180 g/mol. The fourth-order valence-electron chi connectivity index (χ4n) is 8.17. The number of nitrogens with one attached hydrogen (secondary N) is 2. The van der Waals surface area contributed by atoms with Crippen LogP contribution in [0, 0.1) is 5.41 Å². The topological polar surface area (TPSA) is 454 Å². The minimum absolute atomic E-state index is 0.0135. The Kier molecular flexibility index (Phi) is 27.9. The molecule has 33 heteroatoms. The Morgan fingerprint density at radius 1 is 0.870 bits per heavy atom. The van der Waals surface area contributed by atoms with Crippen LogP contribution in [0.15, 0.2) is 12.7 Å². The Balaban J connectivity index is 1.00. The maximum absolute atomic E-state index is 12.7. The van der Waals surface area contributed by atoms with E-state index >= 15 is 0 Å². The van der Waals surface area contributed by atoms with Crippen LogP contribution in [0.1, 0.15) is 130 Å². The molecule has 2 unspecified atom stereocenters. The summed E-state index contributed by atoms with van der Waals surface area (Å²) in [5.74, 6) is -1.38. The van der Waals surface area contributed by atoms with Gasteiger partial charge in [-0.3, -0.25) is 28.1 Å². The number of aliphatic hydroxyl groups excluding tert-OH is 5. The number of unbranched alkanes of at least 4 members (excludes halogenated alkanes) is 11. The number of nitrogens with two attached hydrogens (primary N) is 1. The number of fused-ring (bicyclic) bond motifs is 1. The van der Waals surface area contributed by atoms with Crippen LogP contribution < -0.4 is 35.9 Å². The molecule has 2 aromatic rings. The van der Waals surface area contributed by atoms with E-state index in [1.807, 2.05) is 0 Å². The first-order valence-corrected chi connectivity index (χ1v) is 30.8. The average molecular weight is 1180 g/mol. The van der Waals surface area contributed by atoms with E-state index < -0.39 is 109 Å². The number of imidazole rings is 1. The minimum Gasteiger partial charge on any atom is -0.790 e. The van der Waals surface area contributed by atoms with Crippen molar-refractivity contribution in [3.8, 4) is 0 Å². The summed E-state index contributed by atoms with van der Waals surface area (Å²) in [5.41, 5.74) is 4.04. The van der Waals surface area contributed by atoms with Crippen LogP contribution in [-0.4, -0.2) is 156 Å². The molecule has 0 spiro atoms. The van der Waals surface area contributed by atoms with Crippen LogP contribution in [0.2, 0.25) is 0 Å². The number of ether oxygens (including phenoxy) is 3. The Bertz CT molecular complexity index is 2300. The van der Waals surface area contributed by atoms with Gasteiger partial charge in [-0.1, -0.05) is 96.2 Å². The van der Waals surface area contributed by atoms with Gasteiger partial charge in [-0.05, 0) is 19.8 Å². The first-order valence-electron chi connectivity index (χ1n) is 25.5. The van der Waals surface area contributed by atoms with Gasteiger partial charge in [-0.25, -0.2) is 19.3 Å². The number of hydrogen-bond donors (Lipinski definition) is 8. The van der Waals surface area contributed by atoms with Gasteiger partial charge in [-0.2, -0.15) is 0 Å². The molecule has 12 atom stereocenters. The molecule has 0 radical (unpaired) electrons. The number of hydrogen-bond acceptors (Lipinski definition) is 27. The quantitative estimate of drug-likeness (QED) is 0.0322. The number of carbonyl (C=O) groups excluding carboxylic acids is 3. The lowest BCUT2D eigenvalue weighted by molar-refractivity contribution is -0.347. The lowest BCUT2D eigenvalue weighted by atomic mass is 9.87. The van der Waals surface area contributed by atoms with E-state index in [1.165, 1.54) is 39.5 Å². The second-order valence-electron chi connectivity index (χ2n) is 19.5. The molecule has 2 aliphatic heterocycles. The van der Waals surface area contributed by atoms with Gasteiger partial charge in [-0.15, -0.1) is 0 Å². The maximum atomic E-state index is 12.7. The molecular formula is C44H74N7O22P3S-4. The predicted octanol–water partition coefficient (Wildman–Crippen LogP) is -0.168. The molecule has 2 fully saturated rings. The van der Waals surface area contributed by atoms with Gasteiger partial charge in [0.2, 0.25) is 11.8 Å². The van der Waals surface area contributed by atoms with Gasteiger partial charge in [0.15, 0.2) is 29.1 Å². The number of rotatable bonds is 37. The molecular weight excluding hydrogens is 1100 g/mol. The lowest BCUT2D eigenvalue weighted by Gasteiger charge is -2.36. The molecule has 0 aromatic carbocycles. The molecule has 2 aliphatic rings. The van der Waals surface area contributed by atoms with Gasteiger partial charge in [0.05, 0.1) is 45.7 Å². The summed E-state index contributed by atoms with van der Waals surface area (Å²) in [5, 5.41) is 56.2. The van der Waals surface area contributed by atoms with E-state index in [4.69, 9.17) is 19.9 Å². The molecule has 4 heterocycles. The van der Waals surface area contributed by atoms with Crippen LogP contribution in [0.4, 0.5) is 5.82 Å². The van der Waals surface area contributed by atoms with Crippen molar-refractivity contribution in [2.45, 2.75) is 185 Å². The minimum atomic E-state index is -5.94. The van der Waals surface area contributed by atoms with E-state index in [0.29, 0.717) is 13.0 Å². The highest BCUT2D eigenvalue weighted by molar-refractivity contribution is 8.13. The second kappa shape index (κ2) is 32.1. The molecule has 0 bridgehead atoms. The summed E-state index contributed by atoms with van der Waals surface area (Å²) in [6.45, 7) is 2.22. The Labute approximate surface area is 450 Å². The lowest BCUT2D eigenvalue weighted by Crippen LogP contribution is -2.47. The molecule has 2 amide bonds. The number of thioether (sulfide) groups is 1. The van der Waals surface area contributed by atoms with E-state index in [2.05, 4.69) is 43.5 Å². The predicted molar refractivity (Wildman–Crippen MR) is 266 cm³/mol. The van der Waals surface area contributed by atoms with Crippen molar-refractivity contribution in [1.29, 1.82) is 0 Å². The summed E-state index contributed by atoms with van der Waals surface area (Å²) in [7, 11) is -17.7. The fraction of sp³-hybridized carbons (Fsp3) is 0.818. The van der Waals surface area contributed by atoms with Crippen LogP contribution in [0.5, 0.6) is 0 Å². The van der Waals surface area contributed by atoms with Gasteiger partial charge >= 0.3 is 0 Å². The molecule has 2 saturated heterocycles. The largest absolute Gasteiger partial charge is 0.790 e. The van der Waals surface area contributed by atoms with Crippen molar-refractivity contribution < 1.29 is 105 Å². The highest BCUT2D eigenvalue weighted by atomic mass is 32.2. The van der Waals surface area contributed by atoms with E-state index in [9.17, 15) is 73.2 Å². The molecule has 442 valence electrons. The van der Waals surface area contributed by atoms with E-state index in [0.717, 1.165) is 80.4 Å². The number of carbonyl (C=O) groups is 3. The number of nitrogen functional groups attached to an aromatic ring is 1. The van der Waals surface area contributed by atoms with Crippen LogP contribution in [0.25, 0.3) is 11.2 Å². The van der Waals surface area contributed by atoms with Crippen molar-refractivity contribution in [2.24, 2.45) is 5.41 Å². The third-order valence-corrected chi connectivity index (χ3v) is 16.5. The summed E-state index contributed by atoms with van der Waals surface area (Å²) < 4.78 is 72.1. The molecule has 4 rings (SSSR count). The molecule has 77 heavy (non-hydrogen) atoms. The van der Waals surface area contributed by atoms with Crippen LogP contribution in [0.3, 0.4) is 0 Å².